The summed E-state index contributed by atoms with van der Waals surface area (Å²) in [6, 6.07) is 32.9. The Morgan fingerprint density at radius 3 is 2.38 bits per heavy atom. The lowest BCUT2D eigenvalue weighted by Crippen LogP contribution is -2.49. The van der Waals surface area contributed by atoms with Gasteiger partial charge in [-0.1, -0.05) is 60.5 Å². The molecule has 3 N–H and O–H groups in total. The summed E-state index contributed by atoms with van der Waals surface area (Å²) >= 11 is 7.96. The first kappa shape index (κ1) is 53.3. The van der Waals surface area contributed by atoms with Crippen molar-refractivity contribution in [3.05, 3.63) is 158 Å². The lowest BCUT2D eigenvalue weighted by molar-refractivity contribution is -0.384. The maximum Gasteiger partial charge on any atom is 0.293 e. The maximum absolute atomic E-state index is 13.7. The molecule has 382 valence electrons. The van der Waals surface area contributed by atoms with Crippen molar-refractivity contribution in [3.63, 3.8) is 0 Å². The summed E-state index contributed by atoms with van der Waals surface area (Å²) in [5.41, 5.74) is 7.70. The molecule has 4 aromatic carbocycles. The van der Waals surface area contributed by atoms with Crippen molar-refractivity contribution >= 4 is 74.3 Å². The number of rotatable bonds is 18. The molecule has 2 saturated heterocycles. The molecule has 0 radical (unpaired) electrons. The van der Waals surface area contributed by atoms with Crippen molar-refractivity contribution in [2.75, 3.05) is 94.5 Å². The van der Waals surface area contributed by atoms with Gasteiger partial charge in [0, 0.05) is 130 Å². The van der Waals surface area contributed by atoms with Crippen molar-refractivity contribution in [2.24, 2.45) is 5.41 Å². The van der Waals surface area contributed by atoms with Crippen LogP contribution in [0.25, 0.3) is 5.57 Å². The van der Waals surface area contributed by atoms with Gasteiger partial charge < -0.3 is 20.4 Å². The zero-order valence-electron chi connectivity index (χ0n) is 40.8. The van der Waals surface area contributed by atoms with Crippen LogP contribution in [-0.4, -0.2) is 129 Å². The number of nitrogens with zero attached hydrogens (tertiary/aromatic N) is 6. The van der Waals surface area contributed by atoms with E-state index >= 15 is 0 Å². The van der Waals surface area contributed by atoms with Gasteiger partial charge in [0.1, 0.15) is 5.69 Å². The Morgan fingerprint density at radius 1 is 0.889 bits per heavy atom. The average Bonchev–Trinajstić information content (AvgIpc) is 3.38. The maximum atomic E-state index is 13.7. The SMILES string of the molecule is CC1(CN2CCNCC2)CCC(c2ccc(Cl)cc2)=C(CN2CCN(c3ccc(C(=O)NS(=O)(=O)c4ccc(NC(CCN5CCc6cccnc6C5)CSc5ccccc5)c([N+](=O)[O-])c4)cc3)CC2)C1.Cl. The minimum atomic E-state index is -4.47. The number of hydrogen-bond acceptors (Lipinski definition) is 13. The summed E-state index contributed by atoms with van der Waals surface area (Å²) in [6.07, 6.45) is 6.69. The monoisotopic (exact) mass is 1050 g/mol. The third-order valence-corrected chi connectivity index (χ3v) is 17.2. The van der Waals surface area contributed by atoms with Gasteiger partial charge in [-0.05, 0) is 121 Å². The number of nitrogens with one attached hydrogen (secondary N) is 3. The largest absolute Gasteiger partial charge is 0.376 e. The molecule has 1 amide bonds. The zero-order chi connectivity index (χ0) is 49.4. The minimum Gasteiger partial charge on any atom is -0.376 e. The lowest BCUT2D eigenvalue weighted by Gasteiger charge is -2.43. The second-order valence-electron chi connectivity index (χ2n) is 19.7. The molecule has 4 heterocycles. The van der Waals surface area contributed by atoms with Crippen LogP contribution in [0.2, 0.25) is 5.02 Å². The predicted octanol–water partition coefficient (Wildman–Crippen LogP) is 8.88. The van der Waals surface area contributed by atoms with Gasteiger partial charge in [0.15, 0.2) is 0 Å². The summed E-state index contributed by atoms with van der Waals surface area (Å²) in [6.45, 7) is 14.5. The number of hydrogen-bond donors (Lipinski definition) is 3. The molecule has 14 nitrogen and oxygen atoms in total. The smallest absolute Gasteiger partial charge is 0.293 e. The molecule has 1 aromatic heterocycles. The quantitative estimate of drug-likeness (QED) is 0.0435. The van der Waals surface area contributed by atoms with Crippen molar-refractivity contribution in [3.8, 4) is 0 Å². The van der Waals surface area contributed by atoms with E-state index in [1.165, 1.54) is 34.4 Å². The standard InChI is InChI=1S/C54H64ClN9O5S2.ClH/c1-54(39-62-28-24-56-25-29-62)22-19-49(40-9-13-44(55)14-10-40)43(35-54)36-61-30-32-63(33-31-61)46-15-11-42(12-16-46)53(65)59-71(68,69)48-17-18-50(52(34-48)64(66)67)58-45(38-70-47-7-3-2-4-8-47)21-27-60-26-20-41-6-5-23-57-51(41)37-60;/h2-18,23,34,45,56,58H,19-22,24-33,35-39H2,1H3,(H,59,65);1H. The Balaban J connectivity index is 0.00000693. The van der Waals surface area contributed by atoms with Crippen molar-refractivity contribution in [1.29, 1.82) is 0 Å². The lowest BCUT2D eigenvalue weighted by atomic mass is 9.71. The molecule has 3 aliphatic heterocycles. The number of pyridine rings is 1. The number of carbonyl (C=O) groups is 1. The first-order chi connectivity index (χ1) is 34.4. The molecule has 18 heteroatoms. The fourth-order valence-electron chi connectivity index (χ4n) is 10.5. The van der Waals surface area contributed by atoms with Crippen LogP contribution in [0.3, 0.4) is 0 Å². The molecular formula is C54H65Cl2N9O5S2. The normalized spacial score (nSPS) is 19.5. The number of sulfonamides is 1. The molecular weight excluding hydrogens is 990 g/mol. The molecule has 4 aliphatic rings. The Morgan fingerprint density at radius 2 is 1.64 bits per heavy atom. The van der Waals surface area contributed by atoms with Gasteiger partial charge in [0.05, 0.1) is 15.5 Å². The first-order valence-electron chi connectivity index (χ1n) is 24.8. The van der Waals surface area contributed by atoms with Crippen LogP contribution in [-0.2, 0) is 23.0 Å². The van der Waals surface area contributed by atoms with Gasteiger partial charge >= 0.3 is 0 Å². The number of thioether (sulfide) groups is 1. The van der Waals surface area contributed by atoms with E-state index in [1.807, 2.05) is 66.9 Å². The second-order valence-corrected chi connectivity index (χ2v) is 22.9. The van der Waals surface area contributed by atoms with Gasteiger partial charge in [0.2, 0.25) is 0 Å². The number of nitro groups is 1. The number of aromatic nitrogens is 1. The van der Waals surface area contributed by atoms with E-state index in [-0.39, 0.29) is 40.0 Å². The van der Waals surface area contributed by atoms with Crippen molar-refractivity contribution in [2.45, 2.75) is 61.4 Å². The number of anilines is 2. The third kappa shape index (κ3) is 13.8. The van der Waals surface area contributed by atoms with E-state index < -0.39 is 26.5 Å². The summed E-state index contributed by atoms with van der Waals surface area (Å²) < 4.78 is 29.5. The number of halogens is 2. The van der Waals surface area contributed by atoms with E-state index in [1.54, 1.807) is 23.9 Å². The van der Waals surface area contributed by atoms with E-state index in [0.717, 1.165) is 138 Å². The summed E-state index contributed by atoms with van der Waals surface area (Å²) in [7, 11) is -4.47. The van der Waals surface area contributed by atoms with Gasteiger partial charge in [0.25, 0.3) is 21.6 Å². The number of benzene rings is 4. The number of carbonyl (C=O) groups excluding carboxylic acids is 1. The molecule has 2 unspecified atom stereocenters. The fourth-order valence-corrected chi connectivity index (χ4v) is 12.6. The molecule has 2 fully saturated rings. The van der Waals surface area contributed by atoms with Gasteiger partial charge in [-0.2, -0.15) is 0 Å². The summed E-state index contributed by atoms with van der Waals surface area (Å²) in [5, 5.41) is 20.1. The molecule has 1 aliphatic carbocycles. The van der Waals surface area contributed by atoms with E-state index in [0.29, 0.717) is 12.2 Å². The first-order valence-corrected chi connectivity index (χ1v) is 27.6. The van der Waals surface area contributed by atoms with Gasteiger partial charge in [-0.3, -0.25) is 29.7 Å². The number of piperazine rings is 2. The van der Waals surface area contributed by atoms with E-state index in [9.17, 15) is 23.3 Å². The van der Waals surface area contributed by atoms with Crippen molar-refractivity contribution in [1.82, 2.24) is 29.7 Å². The van der Waals surface area contributed by atoms with Gasteiger partial charge in [-0.15, -0.1) is 24.2 Å². The van der Waals surface area contributed by atoms with Crippen LogP contribution < -0.4 is 20.3 Å². The zero-order valence-corrected chi connectivity index (χ0v) is 44.0. The number of allylic oxidation sites excluding steroid dienone is 1. The van der Waals surface area contributed by atoms with Crippen molar-refractivity contribution < 1.29 is 18.1 Å². The number of fused-ring (bicyclic) bond motifs is 1. The van der Waals surface area contributed by atoms with Crippen LogP contribution in [0.5, 0.6) is 0 Å². The second kappa shape index (κ2) is 24.3. The topological polar surface area (TPSA) is 156 Å². The van der Waals surface area contributed by atoms with E-state index in [4.69, 9.17) is 11.6 Å². The van der Waals surface area contributed by atoms with Gasteiger partial charge in [-0.25, -0.2) is 13.1 Å². The number of amides is 1. The fraction of sp³-hybridized carbons (Fsp3) is 0.407. The Hall–Kier alpha value is -5.04. The van der Waals surface area contributed by atoms with E-state index in [2.05, 4.69) is 65.1 Å². The third-order valence-electron chi connectivity index (χ3n) is 14.4. The van der Waals surface area contributed by atoms with Crippen LogP contribution in [0.1, 0.15) is 59.8 Å². The average molecular weight is 1060 g/mol. The Labute approximate surface area is 439 Å². The highest BCUT2D eigenvalue weighted by Crippen LogP contribution is 2.44. The highest BCUT2D eigenvalue weighted by molar-refractivity contribution is 7.99. The molecule has 5 aromatic rings. The number of nitro benzene ring substituents is 1. The Bertz CT molecular complexity index is 2790. The highest BCUT2D eigenvalue weighted by atomic mass is 35.5. The van der Waals surface area contributed by atoms with Crippen LogP contribution in [0.15, 0.2) is 131 Å². The van der Waals surface area contributed by atoms with Crippen LogP contribution in [0.4, 0.5) is 17.1 Å². The Kier molecular flexibility index (Phi) is 18.0. The predicted molar refractivity (Wildman–Crippen MR) is 292 cm³/mol. The molecule has 9 rings (SSSR count). The minimum absolute atomic E-state index is 0. The molecule has 72 heavy (non-hydrogen) atoms. The summed E-state index contributed by atoms with van der Waals surface area (Å²) in [5.74, 6) is -0.196. The molecule has 0 spiro atoms. The molecule has 2 atom stereocenters. The molecule has 0 bridgehead atoms. The summed E-state index contributed by atoms with van der Waals surface area (Å²) in [4.78, 5) is 40.5. The molecule has 0 saturated carbocycles. The van der Waals surface area contributed by atoms with Crippen LogP contribution >= 0.6 is 35.8 Å². The van der Waals surface area contributed by atoms with Crippen LogP contribution in [0, 0.1) is 15.5 Å². The highest BCUT2D eigenvalue weighted by Gasteiger charge is 2.35.